The fourth-order valence-electron chi connectivity index (χ4n) is 2.00. The van der Waals surface area contributed by atoms with Crippen LogP contribution in [0.3, 0.4) is 0 Å². The Labute approximate surface area is 120 Å². The molecule has 0 saturated carbocycles. The molecule has 1 unspecified atom stereocenters. The van der Waals surface area contributed by atoms with Gasteiger partial charge in [-0.05, 0) is 43.5 Å². The van der Waals surface area contributed by atoms with Crippen molar-refractivity contribution < 1.29 is 0 Å². The van der Waals surface area contributed by atoms with Crippen molar-refractivity contribution >= 4 is 11.8 Å². The van der Waals surface area contributed by atoms with Gasteiger partial charge in [-0.15, -0.1) is 0 Å². The number of hydrogen-bond acceptors (Lipinski definition) is 2. The number of nitrogens with two attached hydrogens (primary N) is 1. The van der Waals surface area contributed by atoms with Gasteiger partial charge in [0.15, 0.2) is 0 Å². The van der Waals surface area contributed by atoms with Crippen LogP contribution in [0.15, 0.2) is 58.3 Å². The van der Waals surface area contributed by atoms with Crippen molar-refractivity contribution in [1.82, 2.24) is 0 Å². The maximum absolute atomic E-state index is 6.08. The first-order valence-corrected chi connectivity index (χ1v) is 7.58. The Bertz CT molecular complexity index is 536. The topological polar surface area (TPSA) is 26.0 Å². The summed E-state index contributed by atoms with van der Waals surface area (Å²) in [6, 6.07) is 17.4. The third kappa shape index (κ3) is 4.12. The molecule has 100 valence electrons. The lowest BCUT2D eigenvalue weighted by atomic mass is 10.1. The Balaban J connectivity index is 2.20. The third-order valence-electron chi connectivity index (χ3n) is 3.20. The Morgan fingerprint density at radius 1 is 1.11 bits per heavy atom. The van der Waals surface area contributed by atoms with Crippen LogP contribution >= 0.6 is 11.8 Å². The smallest absolute Gasteiger partial charge is 0.0154 e. The SMILES string of the molecule is CCC(N)Cc1ccccc1Sc1cccc(C)c1. The second kappa shape index (κ2) is 6.78. The monoisotopic (exact) mass is 271 g/mol. The van der Waals surface area contributed by atoms with E-state index in [0.717, 1.165) is 12.8 Å². The molecule has 0 aliphatic heterocycles. The largest absolute Gasteiger partial charge is 0.327 e. The Morgan fingerprint density at radius 2 is 1.89 bits per heavy atom. The van der Waals surface area contributed by atoms with Gasteiger partial charge in [0.2, 0.25) is 0 Å². The molecule has 1 atom stereocenters. The normalized spacial score (nSPS) is 12.4. The minimum atomic E-state index is 0.249. The summed E-state index contributed by atoms with van der Waals surface area (Å²) in [5.74, 6) is 0. The molecule has 0 radical (unpaired) electrons. The zero-order valence-corrected chi connectivity index (χ0v) is 12.4. The van der Waals surface area contributed by atoms with Crippen LogP contribution in [0.5, 0.6) is 0 Å². The van der Waals surface area contributed by atoms with Crippen molar-refractivity contribution in [3.05, 3.63) is 59.7 Å². The van der Waals surface area contributed by atoms with Crippen LogP contribution in [0.4, 0.5) is 0 Å². The zero-order valence-electron chi connectivity index (χ0n) is 11.6. The molecule has 2 aromatic rings. The second-order valence-corrected chi connectivity index (χ2v) is 6.01. The van der Waals surface area contributed by atoms with E-state index in [1.165, 1.54) is 20.9 Å². The number of aryl methyl sites for hydroxylation is 1. The van der Waals surface area contributed by atoms with E-state index in [0.29, 0.717) is 0 Å². The molecule has 0 fully saturated rings. The van der Waals surface area contributed by atoms with E-state index in [1.54, 1.807) is 0 Å². The van der Waals surface area contributed by atoms with Gasteiger partial charge in [-0.3, -0.25) is 0 Å². The first kappa shape index (κ1) is 14.2. The highest BCUT2D eigenvalue weighted by atomic mass is 32.2. The number of rotatable bonds is 5. The third-order valence-corrected chi connectivity index (χ3v) is 4.30. The summed E-state index contributed by atoms with van der Waals surface area (Å²) in [5.41, 5.74) is 8.73. The van der Waals surface area contributed by atoms with Gasteiger partial charge in [0.05, 0.1) is 0 Å². The van der Waals surface area contributed by atoms with Crippen LogP contribution in [-0.2, 0) is 6.42 Å². The van der Waals surface area contributed by atoms with Crippen LogP contribution < -0.4 is 5.73 Å². The van der Waals surface area contributed by atoms with Gasteiger partial charge in [0, 0.05) is 15.8 Å². The average Bonchev–Trinajstić information content (AvgIpc) is 2.41. The van der Waals surface area contributed by atoms with Crippen LogP contribution in [0, 0.1) is 6.92 Å². The first-order chi connectivity index (χ1) is 9.19. The fraction of sp³-hybridized carbons (Fsp3) is 0.294. The van der Waals surface area contributed by atoms with E-state index < -0.39 is 0 Å². The summed E-state index contributed by atoms with van der Waals surface area (Å²) < 4.78 is 0. The molecular weight excluding hydrogens is 250 g/mol. The number of hydrogen-bond donors (Lipinski definition) is 1. The number of benzene rings is 2. The van der Waals surface area contributed by atoms with Gasteiger partial charge in [-0.1, -0.05) is 54.6 Å². The molecule has 0 saturated heterocycles. The fourth-order valence-corrected chi connectivity index (χ4v) is 3.08. The lowest BCUT2D eigenvalue weighted by molar-refractivity contribution is 0.641. The lowest BCUT2D eigenvalue weighted by Gasteiger charge is -2.13. The Kier molecular flexibility index (Phi) is 5.06. The van der Waals surface area contributed by atoms with Gasteiger partial charge in [0.25, 0.3) is 0 Å². The standard InChI is InChI=1S/C17H21NS/c1-3-15(18)12-14-8-4-5-10-17(14)19-16-9-6-7-13(2)11-16/h4-11,15H,3,12,18H2,1-2H3. The first-order valence-electron chi connectivity index (χ1n) is 6.77. The predicted molar refractivity (Wildman–Crippen MR) is 83.7 cm³/mol. The van der Waals surface area contributed by atoms with Crippen molar-refractivity contribution in [2.24, 2.45) is 5.73 Å². The highest BCUT2D eigenvalue weighted by Crippen LogP contribution is 2.31. The molecule has 2 aromatic carbocycles. The van der Waals surface area contributed by atoms with E-state index in [4.69, 9.17) is 5.73 Å². The van der Waals surface area contributed by atoms with Crippen molar-refractivity contribution in [3.63, 3.8) is 0 Å². The summed E-state index contributed by atoms with van der Waals surface area (Å²) >= 11 is 1.83. The molecule has 0 bridgehead atoms. The van der Waals surface area contributed by atoms with Crippen molar-refractivity contribution in [1.29, 1.82) is 0 Å². The van der Waals surface area contributed by atoms with Crippen LogP contribution in [-0.4, -0.2) is 6.04 Å². The summed E-state index contributed by atoms with van der Waals surface area (Å²) in [5, 5.41) is 0. The molecule has 0 aliphatic carbocycles. The minimum Gasteiger partial charge on any atom is -0.327 e. The highest BCUT2D eigenvalue weighted by molar-refractivity contribution is 7.99. The molecule has 0 aliphatic rings. The highest BCUT2D eigenvalue weighted by Gasteiger charge is 2.07. The molecule has 1 nitrogen and oxygen atoms in total. The molecular formula is C17H21NS. The molecule has 19 heavy (non-hydrogen) atoms. The average molecular weight is 271 g/mol. The lowest BCUT2D eigenvalue weighted by Crippen LogP contribution is -2.21. The molecule has 0 heterocycles. The summed E-state index contributed by atoms with van der Waals surface area (Å²) in [7, 11) is 0. The summed E-state index contributed by atoms with van der Waals surface area (Å²) in [6.07, 6.45) is 1.97. The van der Waals surface area contributed by atoms with E-state index in [1.807, 2.05) is 11.8 Å². The van der Waals surface area contributed by atoms with E-state index in [9.17, 15) is 0 Å². The van der Waals surface area contributed by atoms with E-state index >= 15 is 0 Å². The quantitative estimate of drug-likeness (QED) is 0.870. The molecule has 2 heteroatoms. The van der Waals surface area contributed by atoms with E-state index in [2.05, 4.69) is 62.4 Å². The maximum atomic E-state index is 6.08. The predicted octanol–water partition coefficient (Wildman–Crippen LogP) is 4.43. The molecule has 2 N–H and O–H groups in total. The summed E-state index contributed by atoms with van der Waals surface area (Å²) in [4.78, 5) is 2.61. The van der Waals surface area contributed by atoms with Gasteiger partial charge >= 0.3 is 0 Å². The Hall–Kier alpha value is -1.25. The van der Waals surface area contributed by atoms with E-state index in [-0.39, 0.29) is 6.04 Å². The van der Waals surface area contributed by atoms with Gasteiger partial charge in [-0.25, -0.2) is 0 Å². The maximum Gasteiger partial charge on any atom is 0.0154 e. The molecule has 2 rings (SSSR count). The molecule has 0 aromatic heterocycles. The van der Waals surface area contributed by atoms with Gasteiger partial charge in [0.1, 0.15) is 0 Å². The van der Waals surface area contributed by atoms with Gasteiger partial charge < -0.3 is 5.73 Å². The molecule has 0 amide bonds. The van der Waals surface area contributed by atoms with Crippen LogP contribution in [0.2, 0.25) is 0 Å². The van der Waals surface area contributed by atoms with Crippen molar-refractivity contribution in [3.8, 4) is 0 Å². The van der Waals surface area contributed by atoms with Crippen LogP contribution in [0.25, 0.3) is 0 Å². The molecule has 0 spiro atoms. The Morgan fingerprint density at radius 3 is 2.63 bits per heavy atom. The van der Waals surface area contributed by atoms with Gasteiger partial charge in [-0.2, -0.15) is 0 Å². The second-order valence-electron chi connectivity index (χ2n) is 4.90. The van der Waals surface area contributed by atoms with Crippen molar-refractivity contribution in [2.45, 2.75) is 42.5 Å². The van der Waals surface area contributed by atoms with Crippen LogP contribution in [0.1, 0.15) is 24.5 Å². The summed E-state index contributed by atoms with van der Waals surface area (Å²) in [6.45, 7) is 4.27. The zero-order chi connectivity index (χ0) is 13.7. The van der Waals surface area contributed by atoms with Crippen molar-refractivity contribution in [2.75, 3.05) is 0 Å². The minimum absolute atomic E-state index is 0.249.